The fraction of sp³-hybridized carbons (Fsp3) is 0.412. The SMILES string of the molecule is CCOCCCNCc1ccc(-c2cccc(Cl)c2C)o1. The number of hydrogen-bond donors (Lipinski definition) is 1. The highest BCUT2D eigenvalue weighted by Crippen LogP contribution is 2.29. The topological polar surface area (TPSA) is 34.4 Å². The minimum absolute atomic E-state index is 0.728. The minimum Gasteiger partial charge on any atom is -0.460 e. The fourth-order valence-corrected chi connectivity index (χ4v) is 2.32. The molecule has 1 aromatic heterocycles. The van der Waals surface area contributed by atoms with Gasteiger partial charge in [0, 0.05) is 23.8 Å². The standard InChI is InChI=1S/C17H22ClNO2/c1-3-20-11-5-10-19-12-14-8-9-17(21-14)15-6-4-7-16(18)13(15)2/h4,6-9,19H,3,5,10-12H2,1-2H3. The average Bonchev–Trinajstić information content (AvgIpc) is 2.94. The summed E-state index contributed by atoms with van der Waals surface area (Å²) in [5, 5.41) is 4.11. The van der Waals surface area contributed by atoms with Gasteiger partial charge in [-0.2, -0.15) is 0 Å². The number of nitrogens with one attached hydrogen (secondary N) is 1. The van der Waals surface area contributed by atoms with Gasteiger partial charge in [0.1, 0.15) is 11.5 Å². The first-order valence-corrected chi connectivity index (χ1v) is 7.73. The Labute approximate surface area is 131 Å². The predicted molar refractivity (Wildman–Crippen MR) is 86.7 cm³/mol. The molecular formula is C17H22ClNO2. The molecule has 2 rings (SSSR count). The Balaban J connectivity index is 1.88. The molecule has 0 amide bonds. The Morgan fingerprint density at radius 1 is 1.24 bits per heavy atom. The van der Waals surface area contributed by atoms with Crippen molar-refractivity contribution in [3.8, 4) is 11.3 Å². The molecule has 0 bridgehead atoms. The van der Waals surface area contributed by atoms with Gasteiger partial charge in [0.2, 0.25) is 0 Å². The summed E-state index contributed by atoms with van der Waals surface area (Å²) in [6, 6.07) is 9.86. The van der Waals surface area contributed by atoms with Crippen LogP contribution >= 0.6 is 11.6 Å². The van der Waals surface area contributed by atoms with E-state index in [0.29, 0.717) is 0 Å². The molecule has 1 aromatic carbocycles. The van der Waals surface area contributed by atoms with Crippen LogP contribution in [0.4, 0.5) is 0 Å². The molecule has 0 aliphatic rings. The summed E-state index contributed by atoms with van der Waals surface area (Å²) in [6.45, 7) is 7.24. The third kappa shape index (κ3) is 4.60. The van der Waals surface area contributed by atoms with E-state index in [1.165, 1.54) is 0 Å². The van der Waals surface area contributed by atoms with E-state index in [1.807, 2.05) is 44.2 Å². The van der Waals surface area contributed by atoms with Gasteiger partial charge in [0.25, 0.3) is 0 Å². The van der Waals surface area contributed by atoms with Gasteiger partial charge in [-0.05, 0) is 50.6 Å². The summed E-state index contributed by atoms with van der Waals surface area (Å²) < 4.78 is 11.2. The molecule has 1 heterocycles. The van der Waals surface area contributed by atoms with Crippen molar-refractivity contribution in [1.82, 2.24) is 5.32 Å². The smallest absolute Gasteiger partial charge is 0.134 e. The van der Waals surface area contributed by atoms with Crippen LogP contribution in [0.5, 0.6) is 0 Å². The van der Waals surface area contributed by atoms with Crippen LogP contribution in [0, 0.1) is 6.92 Å². The molecule has 0 aliphatic heterocycles. The summed E-state index contributed by atoms with van der Waals surface area (Å²) in [6.07, 6.45) is 1.01. The van der Waals surface area contributed by atoms with Crippen molar-refractivity contribution in [2.45, 2.75) is 26.8 Å². The van der Waals surface area contributed by atoms with Gasteiger partial charge in [0.15, 0.2) is 0 Å². The highest BCUT2D eigenvalue weighted by atomic mass is 35.5. The van der Waals surface area contributed by atoms with E-state index in [-0.39, 0.29) is 0 Å². The van der Waals surface area contributed by atoms with Crippen molar-refractivity contribution in [3.63, 3.8) is 0 Å². The lowest BCUT2D eigenvalue weighted by atomic mass is 10.1. The first-order chi connectivity index (χ1) is 10.2. The molecule has 21 heavy (non-hydrogen) atoms. The number of benzene rings is 1. The van der Waals surface area contributed by atoms with Gasteiger partial charge in [-0.1, -0.05) is 23.7 Å². The highest BCUT2D eigenvalue weighted by Gasteiger charge is 2.09. The zero-order valence-electron chi connectivity index (χ0n) is 12.6. The van der Waals surface area contributed by atoms with Crippen LogP contribution in [0.3, 0.4) is 0 Å². The minimum atomic E-state index is 0.728. The zero-order chi connectivity index (χ0) is 15.1. The monoisotopic (exact) mass is 307 g/mol. The lowest BCUT2D eigenvalue weighted by Crippen LogP contribution is -2.15. The van der Waals surface area contributed by atoms with Crippen molar-refractivity contribution >= 4 is 11.6 Å². The molecule has 0 fully saturated rings. The predicted octanol–water partition coefficient (Wildman–Crippen LogP) is 4.42. The largest absolute Gasteiger partial charge is 0.460 e. The van der Waals surface area contributed by atoms with E-state index >= 15 is 0 Å². The quantitative estimate of drug-likeness (QED) is 0.733. The lowest BCUT2D eigenvalue weighted by molar-refractivity contribution is 0.144. The van der Waals surface area contributed by atoms with Crippen LogP contribution in [0.15, 0.2) is 34.7 Å². The Hall–Kier alpha value is -1.29. The van der Waals surface area contributed by atoms with Gasteiger partial charge in [-0.25, -0.2) is 0 Å². The molecule has 0 saturated heterocycles. The van der Waals surface area contributed by atoms with Crippen molar-refractivity contribution in [1.29, 1.82) is 0 Å². The summed E-state index contributed by atoms with van der Waals surface area (Å²) in [5.41, 5.74) is 2.09. The van der Waals surface area contributed by atoms with Crippen LogP contribution in [-0.2, 0) is 11.3 Å². The van der Waals surface area contributed by atoms with E-state index in [2.05, 4.69) is 5.32 Å². The Morgan fingerprint density at radius 3 is 2.90 bits per heavy atom. The van der Waals surface area contributed by atoms with E-state index < -0.39 is 0 Å². The Kier molecular flexibility index (Phi) is 6.30. The Morgan fingerprint density at radius 2 is 2.10 bits per heavy atom. The second-order valence-electron chi connectivity index (χ2n) is 4.91. The second-order valence-corrected chi connectivity index (χ2v) is 5.31. The van der Waals surface area contributed by atoms with E-state index in [1.54, 1.807) is 0 Å². The maximum absolute atomic E-state index is 6.15. The zero-order valence-corrected chi connectivity index (χ0v) is 13.4. The van der Waals surface area contributed by atoms with Gasteiger partial charge in [-0.3, -0.25) is 0 Å². The number of halogens is 1. The van der Waals surface area contributed by atoms with Crippen molar-refractivity contribution in [2.75, 3.05) is 19.8 Å². The molecule has 0 atom stereocenters. The van der Waals surface area contributed by atoms with Crippen LogP contribution in [0.2, 0.25) is 5.02 Å². The first-order valence-electron chi connectivity index (χ1n) is 7.35. The van der Waals surface area contributed by atoms with E-state index in [4.69, 9.17) is 20.8 Å². The van der Waals surface area contributed by atoms with Crippen LogP contribution in [0.25, 0.3) is 11.3 Å². The molecule has 4 heteroatoms. The molecule has 0 saturated carbocycles. The molecule has 114 valence electrons. The first kappa shape index (κ1) is 16.1. The van der Waals surface area contributed by atoms with Crippen LogP contribution in [-0.4, -0.2) is 19.8 Å². The summed E-state index contributed by atoms with van der Waals surface area (Å²) in [7, 11) is 0. The van der Waals surface area contributed by atoms with Gasteiger partial charge < -0.3 is 14.5 Å². The molecule has 0 radical (unpaired) electrons. The third-order valence-corrected chi connectivity index (χ3v) is 3.75. The lowest BCUT2D eigenvalue weighted by Gasteiger charge is -2.05. The van der Waals surface area contributed by atoms with Crippen molar-refractivity contribution in [3.05, 3.63) is 46.7 Å². The average molecular weight is 308 g/mol. The molecule has 0 spiro atoms. The summed E-state index contributed by atoms with van der Waals surface area (Å²) in [4.78, 5) is 0. The van der Waals surface area contributed by atoms with Gasteiger partial charge in [0.05, 0.1) is 6.54 Å². The van der Waals surface area contributed by atoms with Crippen LogP contribution in [0.1, 0.15) is 24.7 Å². The third-order valence-electron chi connectivity index (χ3n) is 3.34. The van der Waals surface area contributed by atoms with Crippen molar-refractivity contribution in [2.24, 2.45) is 0 Å². The molecular weight excluding hydrogens is 286 g/mol. The van der Waals surface area contributed by atoms with E-state index in [9.17, 15) is 0 Å². The normalized spacial score (nSPS) is 11.0. The molecule has 0 unspecified atom stereocenters. The molecule has 2 aromatic rings. The summed E-state index contributed by atoms with van der Waals surface area (Å²) >= 11 is 6.15. The van der Waals surface area contributed by atoms with Crippen LogP contribution < -0.4 is 5.32 Å². The number of rotatable bonds is 8. The molecule has 1 N–H and O–H groups in total. The number of hydrogen-bond acceptors (Lipinski definition) is 3. The Bertz CT molecular complexity index is 566. The van der Waals surface area contributed by atoms with Crippen molar-refractivity contribution < 1.29 is 9.15 Å². The van der Waals surface area contributed by atoms with Gasteiger partial charge >= 0.3 is 0 Å². The number of ether oxygens (including phenoxy) is 1. The maximum Gasteiger partial charge on any atom is 0.134 e. The maximum atomic E-state index is 6.15. The van der Waals surface area contributed by atoms with Gasteiger partial charge in [-0.15, -0.1) is 0 Å². The van der Waals surface area contributed by atoms with E-state index in [0.717, 1.165) is 60.4 Å². The highest BCUT2D eigenvalue weighted by molar-refractivity contribution is 6.31. The fourth-order valence-electron chi connectivity index (χ4n) is 2.15. The second kappa shape index (κ2) is 8.23. The molecule has 3 nitrogen and oxygen atoms in total. The number of furan rings is 1. The summed E-state index contributed by atoms with van der Waals surface area (Å²) in [5.74, 6) is 1.79. The molecule has 0 aliphatic carbocycles.